The second-order valence-corrected chi connectivity index (χ2v) is 6.62. The van der Waals surface area contributed by atoms with Gasteiger partial charge in [-0.2, -0.15) is 0 Å². The van der Waals surface area contributed by atoms with Crippen LogP contribution in [0.1, 0.15) is 35.8 Å². The van der Waals surface area contributed by atoms with Gasteiger partial charge in [-0.15, -0.1) is 0 Å². The molecule has 0 saturated carbocycles. The summed E-state index contributed by atoms with van der Waals surface area (Å²) < 4.78 is 20.0. The van der Waals surface area contributed by atoms with Crippen molar-refractivity contribution in [2.45, 2.75) is 39.5 Å². The molecular formula is C23H23FO2. The maximum absolute atomic E-state index is 14.7. The predicted molar refractivity (Wildman–Crippen MR) is 104 cm³/mol. The van der Waals surface area contributed by atoms with E-state index in [1.165, 1.54) is 11.1 Å². The number of halogens is 1. The molecule has 0 aliphatic rings. The fourth-order valence-corrected chi connectivity index (χ4v) is 3.02. The van der Waals surface area contributed by atoms with Crippen LogP contribution in [-0.4, -0.2) is 0 Å². The minimum absolute atomic E-state index is 0.0503. The van der Waals surface area contributed by atoms with Crippen LogP contribution in [0.5, 0.6) is 0 Å². The van der Waals surface area contributed by atoms with Crippen LogP contribution in [-0.2, 0) is 19.3 Å². The molecule has 0 fully saturated rings. The van der Waals surface area contributed by atoms with Gasteiger partial charge in [0.15, 0.2) is 0 Å². The van der Waals surface area contributed by atoms with Crippen LogP contribution in [0.25, 0.3) is 10.8 Å². The highest BCUT2D eigenvalue weighted by molar-refractivity contribution is 5.82. The van der Waals surface area contributed by atoms with Crippen LogP contribution in [0, 0.1) is 12.7 Å². The molecule has 1 heterocycles. The molecule has 0 atom stereocenters. The smallest absolute Gasteiger partial charge is 0.346 e. The van der Waals surface area contributed by atoms with E-state index in [-0.39, 0.29) is 5.39 Å². The third-order valence-corrected chi connectivity index (χ3v) is 4.47. The molecule has 3 aromatic rings. The SMILES string of the molecule is CCCc1cc2ccc(C/C=C/Cc3ccc(C)cc3)c(F)c2c(=O)o1. The van der Waals surface area contributed by atoms with Gasteiger partial charge in [-0.05, 0) is 48.8 Å². The van der Waals surface area contributed by atoms with Crippen molar-refractivity contribution in [3.63, 3.8) is 0 Å². The molecular weight excluding hydrogens is 327 g/mol. The molecule has 0 N–H and O–H groups in total. The zero-order valence-corrected chi connectivity index (χ0v) is 15.2. The van der Waals surface area contributed by atoms with E-state index in [1.807, 2.05) is 19.1 Å². The van der Waals surface area contributed by atoms with Gasteiger partial charge >= 0.3 is 5.63 Å². The van der Waals surface area contributed by atoms with Crippen LogP contribution < -0.4 is 5.63 Å². The van der Waals surface area contributed by atoms with Gasteiger partial charge < -0.3 is 4.42 Å². The third kappa shape index (κ3) is 4.10. The Hall–Kier alpha value is -2.68. The van der Waals surface area contributed by atoms with E-state index >= 15 is 0 Å². The normalized spacial score (nSPS) is 11.5. The van der Waals surface area contributed by atoms with Gasteiger partial charge in [-0.1, -0.05) is 61.0 Å². The molecule has 26 heavy (non-hydrogen) atoms. The Morgan fingerprint density at radius 2 is 1.77 bits per heavy atom. The number of allylic oxidation sites excluding steroid dienone is 2. The standard InChI is InChI=1S/C23H23FO2/c1-3-6-20-15-19-14-13-18(22(24)21(19)23(25)26-20)8-5-4-7-17-11-9-16(2)10-12-17/h4-5,9-15H,3,6-8H2,1-2H3/b5-4+. The van der Waals surface area contributed by atoms with Crippen LogP contribution in [0.2, 0.25) is 0 Å². The summed E-state index contributed by atoms with van der Waals surface area (Å²) in [6.07, 6.45) is 6.77. The zero-order valence-electron chi connectivity index (χ0n) is 15.2. The topological polar surface area (TPSA) is 30.2 Å². The molecule has 0 amide bonds. The highest BCUT2D eigenvalue weighted by Gasteiger charge is 2.12. The maximum Gasteiger partial charge on any atom is 0.346 e. The Kier molecular flexibility index (Phi) is 5.67. The molecule has 3 heteroatoms. The van der Waals surface area contributed by atoms with Crippen LogP contribution >= 0.6 is 0 Å². The fourth-order valence-electron chi connectivity index (χ4n) is 3.02. The summed E-state index contributed by atoms with van der Waals surface area (Å²) in [7, 11) is 0. The Labute approximate surface area is 153 Å². The molecule has 2 aromatic carbocycles. The summed E-state index contributed by atoms with van der Waals surface area (Å²) in [5.41, 5.74) is 2.37. The first-order chi connectivity index (χ1) is 12.6. The van der Waals surface area contributed by atoms with Crippen molar-refractivity contribution in [1.82, 2.24) is 0 Å². The lowest BCUT2D eigenvalue weighted by atomic mass is 10.0. The molecule has 134 valence electrons. The number of fused-ring (bicyclic) bond motifs is 1. The molecule has 0 spiro atoms. The number of hydrogen-bond donors (Lipinski definition) is 0. The first-order valence-corrected chi connectivity index (χ1v) is 9.03. The van der Waals surface area contributed by atoms with Crippen molar-refractivity contribution in [2.75, 3.05) is 0 Å². The summed E-state index contributed by atoms with van der Waals surface area (Å²) >= 11 is 0. The lowest BCUT2D eigenvalue weighted by molar-refractivity contribution is 0.461. The highest BCUT2D eigenvalue weighted by Crippen LogP contribution is 2.20. The Morgan fingerprint density at radius 1 is 1.04 bits per heavy atom. The average molecular weight is 350 g/mol. The Bertz CT molecular complexity index is 982. The molecule has 0 unspecified atom stereocenters. The molecule has 2 nitrogen and oxygen atoms in total. The summed E-state index contributed by atoms with van der Waals surface area (Å²) in [5, 5.41) is 0.656. The number of benzene rings is 2. The highest BCUT2D eigenvalue weighted by atomic mass is 19.1. The average Bonchev–Trinajstić information content (AvgIpc) is 2.62. The van der Waals surface area contributed by atoms with Gasteiger partial charge in [0.05, 0.1) is 0 Å². The summed E-state index contributed by atoms with van der Waals surface area (Å²) in [5.74, 6) is 0.134. The largest absolute Gasteiger partial charge is 0.427 e. The monoisotopic (exact) mass is 350 g/mol. The molecule has 0 saturated heterocycles. The van der Waals surface area contributed by atoms with E-state index < -0.39 is 11.4 Å². The Balaban J connectivity index is 1.78. The van der Waals surface area contributed by atoms with Gasteiger partial charge in [-0.3, -0.25) is 0 Å². The van der Waals surface area contributed by atoms with E-state index in [9.17, 15) is 9.18 Å². The summed E-state index contributed by atoms with van der Waals surface area (Å²) in [6.45, 7) is 4.07. The van der Waals surface area contributed by atoms with E-state index in [1.54, 1.807) is 18.2 Å². The van der Waals surface area contributed by atoms with Gasteiger partial charge in [0, 0.05) is 6.42 Å². The van der Waals surface area contributed by atoms with E-state index in [4.69, 9.17) is 4.42 Å². The van der Waals surface area contributed by atoms with Gasteiger partial charge in [0.1, 0.15) is 17.0 Å². The molecule has 0 aliphatic carbocycles. The Morgan fingerprint density at radius 3 is 2.50 bits per heavy atom. The van der Waals surface area contributed by atoms with Crippen molar-refractivity contribution >= 4 is 10.8 Å². The first kappa shape index (κ1) is 18.1. The van der Waals surface area contributed by atoms with Crippen molar-refractivity contribution in [2.24, 2.45) is 0 Å². The quantitative estimate of drug-likeness (QED) is 0.547. The third-order valence-electron chi connectivity index (χ3n) is 4.47. The molecule has 1 aromatic heterocycles. The number of aryl methyl sites for hydroxylation is 2. The van der Waals surface area contributed by atoms with Crippen molar-refractivity contribution in [1.29, 1.82) is 0 Å². The van der Waals surface area contributed by atoms with E-state index in [0.717, 1.165) is 12.8 Å². The second-order valence-electron chi connectivity index (χ2n) is 6.62. The van der Waals surface area contributed by atoms with Crippen LogP contribution in [0.3, 0.4) is 0 Å². The first-order valence-electron chi connectivity index (χ1n) is 9.03. The number of hydrogen-bond acceptors (Lipinski definition) is 2. The second kappa shape index (κ2) is 8.13. The minimum Gasteiger partial charge on any atom is -0.427 e. The molecule has 0 aliphatic heterocycles. The molecule has 0 radical (unpaired) electrons. The minimum atomic E-state index is -0.589. The fraction of sp³-hybridized carbons (Fsp3) is 0.261. The van der Waals surface area contributed by atoms with E-state index in [0.29, 0.717) is 29.6 Å². The van der Waals surface area contributed by atoms with Crippen molar-refractivity contribution in [3.8, 4) is 0 Å². The van der Waals surface area contributed by atoms with Gasteiger partial charge in [0.2, 0.25) is 0 Å². The number of rotatable bonds is 6. The molecule has 3 rings (SSSR count). The van der Waals surface area contributed by atoms with Crippen LogP contribution in [0.4, 0.5) is 4.39 Å². The lowest BCUT2D eigenvalue weighted by Crippen LogP contribution is -2.06. The summed E-state index contributed by atoms with van der Waals surface area (Å²) in [6, 6.07) is 13.7. The lowest BCUT2D eigenvalue weighted by Gasteiger charge is -2.05. The zero-order chi connectivity index (χ0) is 18.5. The van der Waals surface area contributed by atoms with E-state index in [2.05, 4.69) is 31.2 Å². The van der Waals surface area contributed by atoms with Gasteiger partial charge in [0.25, 0.3) is 0 Å². The predicted octanol–water partition coefficient (Wildman–Crippen LogP) is 5.53. The molecule has 0 bridgehead atoms. The van der Waals surface area contributed by atoms with Gasteiger partial charge in [-0.25, -0.2) is 9.18 Å². The van der Waals surface area contributed by atoms with Crippen molar-refractivity contribution < 1.29 is 8.81 Å². The van der Waals surface area contributed by atoms with Crippen molar-refractivity contribution in [3.05, 3.63) is 93.3 Å². The van der Waals surface area contributed by atoms with Crippen LogP contribution in [0.15, 0.2) is 63.8 Å². The maximum atomic E-state index is 14.7. The summed E-state index contributed by atoms with van der Waals surface area (Å²) in [4.78, 5) is 12.2.